The van der Waals surface area contributed by atoms with Gasteiger partial charge < -0.3 is 25.8 Å². The number of carboxylic acids is 1. The summed E-state index contributed by atoms with van der Waals surface area (Å²) >= 11 is 0. The number of aromatic hydroxyl groups is 1. The average molecular weight is 290 g/mol. The van der Waals surface area contributed by atoms with Gasteiger partial charge in [0.25, 0.3) is 5.91 Å². The van der Waals surface area contributed by atoms with Crippen LogP contribution in [0.4, 0.5) is 5.69 Å². The zero-order valence-corrected chi connectivity index (χ0v) is 11.0. The van der Waals surface area contributed by atoms with Gasteiger partial charge in [-0.3, -0.25) is 4.79 Å². The molecule has 0 aliphatic carbocycles. The van der Waals surface area contributed by atoms with Gasteiger partial charge in [0, 0.05) is 25.0 Å². The molecular formula is C13H14N4O4. The van der Waals surface area contributed by atoms with Gasteiger partial charge in [0.15, 0.2) is 0 Å². The average Bonchev–Trinajstić information content (AvgIpc) is 2.90. The molecule has 5 N–H and O–H groups in total. The third-order valence-electron chi connectivity index (χ3n) is 2.74. The number of carbonyl (C=O) groups excluding carboxylic acids is 1. The van der Waals surface area contributed by atoms with E-state index in [1.807, 2.05) is 0 Å². The zero-order chi connectivity index (χ0) is 15.4. The maximum atomic E-state index is 12.0. The van der Waals surface area contributed by atoms with Crippen LogP contribution in [-0.4, -0.2) is 38.2 Å². The van der Waals surface area contributed by atoms with E-state index in [1.54, 1.807) is 10.8 Å². The van der Waals surface area contributed by atoms with Gasteiger partial charge in [-0.15, -0.1) is 0 Å². The van der Waals surface area contributed by atoms with E-state index < -0.39 is 11.9 Å². The molecule has 2 rings (SSSR count). The van der Waals surface area contributed by atoms with Crippen LogP contribution in [0.15, 0.2) is 30.7 Å². The molecule has 1 aromatic heterocycles. The van der Waals surface area contributed by atoms with Crippen molar-refractivity contribution in [2.24, 2.45) is 5.73 Å². The molecule has 0 fully saturated rings. The quantitative estimate of drug-likeness (QED) is 0.593. The lowest BCUT2D eigenvalue weighted by Crippen LogP contribution is -2.13. The van der Waals surface area contributed by atoms with Crippen LogP contribution >= 0.6 is 0 Å². The first-order valence-corrected chi connectivity index (χ1v) is 6.10. The third kappa shape index (κ3) is 3.37. The number of hydrogen-bond acceptors (Lipinski definition) is 5. The summed E-state index contributed by atoms with van der Waals surface area (Å²) in [6.45, 7) is 0.972. The largest absolute Gasteiger partial charge is 0.507 e. The van der Waals surface area contributed by atoms with Crippen LogP contribution < -0.4 is 11.1 Å². The van der Waals surface area contributed by atoms with Gasteiger partial charge in [-0.2, -0.15) is 0 Å². The number of rotatable bonds is 5. The number of aromatic nitrogens is 2. The maximum Gasteiger partial charge on any atom is 0.339 e. The highest BCUT2D eigenvalue weighted by Crippen LogP contribution is 2.21. The Morgan fingerprint density at radius 2 is 2.14 bits per heavy atom. The summed E-state index contributed by atoms with van der Waals surface area (Å²) in [7, 11) is 0. The Kier molecular flexibility index (Phi) is 4.19. The fourth-order valence-corrected chi connectivity index (χ4v) is 1.73. The van der Waals surface area contributed by atoms with Crippen LogP contribution in [0.2, 0.25) is 0 Å². The predicted octanol–water partition coefficient (Wildman–Crippen LogP) is 0.498. The SMILES string of the molecule is NCCn1cnc(C(=O)Nc2ccc(O)c(C(=O)O)c2)c1. The maximum absolute atomic E-state index is 12.0. The fourth-order valence-electron chi connectivity index (χ4n) is 1.73. The second-order valence-corrected chi connectivity index (χ2v) is 4.28. The van der Waals surface area contributed by atoms with Crippen LogP contribution in [0.1, 0.15) is 20.8 Å². The lowest BCUT2D eigenvalue weighted by atomic mass is 10.2. The highest BCUT2D eigenvalue weighted by atomic mass is 16.4. The van der Waals surface area contributed by atoms with Crippen molar-refractivity contribution in [3.63, 3.8) is 0 Å². The number of aromatic carboxylic acids is 1. The van der Waals surface area contributed by atoms with E-state index in [0.29, 0.717) is 13.1 Å². The fraction of sp³-hybridized carbons (Fsp3) is 0.154. The van der Waals surface area contributed by atoms with Crippen LogP contribution in [0.5, 0.6) is 5.75 Å². The molecule has 8 heteroatoms. The molecule has 2 aromatic rings. The summed E-state index contributed by atoms with van der Waals surface area (Å²) in [5, 5.41) is 20.8. The van der Waals surface area contributed by atoms with Crippen LogP contribution in [-0.2, 0) is 6.54 Å². The molecule has 21 heavy (non-hydrogen) atoms. The number of amides is 1. The molecule has 0 saturated carbocycles. The lowest BCUT2D eigenvalue weighted by molar-refractivity contribution is 0.0693. The molecule has 1 aromatic carbocycles. The molecule has 1 amide bonds. The normalized spacial score (nSPS) is 10.3. The molecule has 0 spiro atoms. The number of imidazole rings is 1. The summed E-state index contributed by atoms with van der Waals surface area (Å²) in [6.07, 6.45) is 3.03. The highest BCUT2D eigenvalue weighted by Gasteiger charge is 2.13. The monoisotopic (exact) mass is 290 g/mol. The summed E-state index contributed by atoms with van der Waals surface area (Å²) in [4.78, 5) is 26.8. The van der Waals surface area contributed by atoms with E-state index in [-0.39, 0.29) is 22.7 Å². The molecule has 0 bridgehead atoms. The minimum absolute atomic E-state index is 0.188. The van der Waals surface area contributed by atoms with E-state index in [2.05, 4.69) is 10.3 Å². The van der Waals surface area contributed by atoms with E-state index in [9.17, 15) is 14.7 Å². The van der Waals surface area contributed by atoms with Gasteiger partial charge in [0.05, 0.1) is 6.33 Å². The standard InChI is InChI=1S/C13H14N4O4/c14-3-4-17-6-10(15-7-17)12(19)16-8-1-2-11(18)9(5-8)13(20)21/h1-2,5-7,18H,3-4,14H2,(H,16,19)(H,20,21). The number of anilines is 1. The van der Waals surface area contributed by atoms with E-state index in [1.165, 1.54) is 24.5 Å². The molecule has 0 unspecified atom stereocenters. The van der Waals surface area contributed by atoms with E-state index in [0.717, 1.165) is 0 Å². The lowest BCUT2D eigenvalue weighted by Gasteiger charge is -2.05. The van der Waals surface area contributed by atoms with Crippen LogP contribution in [0.3, 0.4) is 0 Å². The Balaban J connectivity index is 2.15. The van der Waals surface area contributed by atoms with Gasteiger partial charge in [-0.25, -0.2) is 9.78 Å². The molecule has 0 radical (unpaired) electrons. The Morgan fingerprint density at radius 3 is 2.81 bits per heavy atom. The summed E-state index contributed by atoms with van der Waals surface area (Å²) in [5.74, 6) is -2.13. The molecule has 110 valence electrons. The van der Waals surface area contributed by atoms with Gasteiger partial charge >= 0.3 is 5.97 Å². The molecule has 1 heterocycles. The van der Waals surface area contributed by atoms with Gasteiger partial charge in [0.2, 0.25) is 0 Å². The van der Waals surface area contributed by atoms with E-state index >= 15 is 0 Å². The van der Waals surface area contributed by atoms with Crippen molar-refractivity contribution in [2.45, 2.75) is 6.54 Å². The number of nitrogens with two attached hydrogens (primary N) is 1. The molecule has 0 aliphatic rings. The van der Waals surface area contributed by atoms with Gasteiger partial charge in [-0.1, -0.05) is 0 Å². The number of benzene rings is 1. The van der Waals surface area contributed by atoms with Crippen molar-refractivity contribution in [3.8, 4) is 5.75 Å². The summed E-state index contributed by atoms with van der Waals surface area (Å²) in [5.41, 5.74) is 5.55. The first-order valence-electron chi connectivity index (χ1n) is 6.10. The Morgan fingerprint density at radius 1 is 1.38 bits per heavy atom. The molecule has 0 aliphatic heterocycles. The van der Waals surface area contributed by atoms with Gasteiger partial charge in [0.1, 0.15) is 17.0 Å². The van der Waals surface area contributed by atoms with Crippen molar-refractivity contribution in [3.05, 3.63) is 42.0 Å². The van der Waals surface area contributed by atoms with Crippen LogP contribution in [0, 0.1) is 0 Å². The topological polar surface area (TPSA) is 130 Å². The smallest absolute Gasteiger partial charge is 0.339 e. The summed E-state index contributed by atoms with van der Waals surface area (Å²) in [6, 6.07) is 3.77. The second kappa shape index (κ2) is 6.06. The molecule has 8 nitrogen and oxygen atoms in total. The predicted molar refractivity (Wildman–Crippen MR) is 74.3 cm³/mol. The number of phenols is 1. The third-order valence-corrected chi connectivity index (χ3v) is 2.74. The molecule has 0 atom stereocenters. The number of nitrogens with one attached hydrogen (secondary N) is 1. The van der Waals surface area contributed by atoms with Gasteiger partial charge in [-0.05, 0) is 18.2 Å². The number of hydrogen-bond donors (Lipinski definition) is 4. The number of carbonyl (C=O) groups is 2. The van der Waals surface area contributed by atoms with Crippen molar-refractivity contribution < 1.29 is 19.8 Å². The zero-order valence-electron chi connectivity index (χ0n) is 11.0. The molecule has 0 saturated heterocycles. The Labute approximate surface area is 119 Å². The minimum Gasteiger partial charge on any atom is -0.507 e. The van der Waals surface area contributed by atoms with Crippen LogP contribution in [0.25, 0.3) is 0 Å². The highest BCUT2D eigenvalue weighted by molar-refractivity contribution is 6.03. The van der Waals surface area contributed by atoms with E-state index in [4.69, 9.17) is 10.8 Å². The second-order valence-electron chi connectivity index (χ2n) is 4.28. The van der Waals surface area contributed by atoms with Crippen molar-refractivity contribution in [2.75, 3.05) is 11.9 Å². The number of nitrogens with zero attached hydrogens (tertiary/aromatic N) is 2. The Hall–Kier alpha value is -2.87. The first-order chi connectivity index (χ1) is 10.0. The molecular weight excluding hydrogens is 276 g/mol. The number of carboxylic acid groups (broad SMARTS) is 1. The minimum atomic E-state index is -1.28. The first kappa shape index (κ1) is 14.5. The van der Waals surface area contributed by atoms with Crippen molar-refractivity contribution >= 4 is 17.6 Å². The van der Waals surface area contributed by atoms with Crippen molar-refractivity contribution in [1.82, 2.24) is 9.55 Å². The van der Waals surface area contributed by atoms with Crippen molar-refractivity contribution in [1.29, 1.82) is 0 Å². The summed E-state index contributed by atoms with van der Waals surface area (Å²) < 4.78 is 1.68. The Bertz CT molecular complexity index is 681.